The number of ether oxygens (including phenoxy) is 2. The molecule has 0 amide bonds. The number of halogens is 3. The second kappa shape index (κ2) is 7.00. The highest BCUT2D eigenvalue weighted by Gasteiger charge is 2.29. The van der Waals surface area contributed by atoms with Gasteiger partial charge in [0.15, 0.2) is 17.3 Å². The molecule has 3 rings (SSSR count). The zero-order valence-electron chi connectivity index (χ0n) is 14.4. The lowest BCUT2D eigenvalue weighted by molar-refractivity contribution is 0.0524. The van der Waals surface area contributed by atoms with Gasteiger partial charge >= 0.3 is 5.97 Å². The van der Waals surface area contributed by atoms with E-state index in [9.17, 15) is 18.4 Å². The van der Waals surface area contributed by atoms with Crippen LogP contribution in [-0.4, -0.2) is 17.1 Å². The molecule has 1 aromatic carbocycles. The number of carbonyl (C=O) groups is 1. The molecule has 1 aliphatic rings. The molecule has 140 valence electrons. The minimum absolute atomic E-state index is 0.0262. The summed E-state index contributed by atoms with van der Waals surface area (Å²) in [7, 11) is 0. The van der Waals surface area contributed by atoms with Gasteiger partial charge in [0.1, 0.15) is 11.1 Å². The fraction of sp³-hybridized carbons (Fsp3) is 0.158. The lowest BCUT2D eigenvalue weighted by Gasteiger charge is -2.24. The van der Waals surface area contributed by atoms with Gasteiger partial charge in [0, 0.05) is 11.2 Å². The zero-order chi connectivity index (χ0) is 19.9. The third-order valence-corrected chi connectivity index (χ3v) is 3.99. The molecular formula is C19H14ClF2NO4. The van der Waals surface area contributed by atoms with Crippen LogP contribution in [0.3, 0.4) is 0 Å². The van der Waals surface area contributed by atoms with Crippen LogP contribution in [0.2, 0.25) is 0 Å². The molecule has 2 aromatic rings. The first-order chi connectivity index (χ1) is 12.8. The fourth-order valence-corrected chi connectivity index (χ4v) is 2.90. The quantitative estimate of drug-likeness (QED) is 0.725. The van der Waals surface area contributed by atoms with Gasteiger partial charge in [-0.1, -0.05) is 18.2 Å². The van der Waals surface area contributed by atoms with Crippen LogP contribution in [0, 0.1) is 11.6 Å². The predicted molar refractivity (Wildman–Crippen MR) is 97.7 cm³/mol. The molecule has 27 heavy (non-hydrogen) atoms. The third kappa shape index (κ3) is 3.04. The molecule has 0 atom stereocenters. The van der Waals surface area contributed by atoms with Gasteiger partial charge in [0.05, 0.1) is 17.7 Å². The molecular weight excluding hydrogens is 380 g/mol. The van der Waals surface area contributed by atoms with Crippen molar-refractivity contribution in [2.45, 2.75) is 13.8 Å². The van der Waals surface area contributed by atoms with Crippen molar-refractivity contribution in [2.24, 2.45) is 0 Å². The van der Waals surface area contributed by atoms with Gasteiger partial charge in [0.2, 0.25) is 11.2 Å². The van der Waals surface area contributed by atoms with Crippen molar-refractivity contribution >= 4 is 34.2 Å². The smallest absolute Gasteiger partial charge is 0.343 e. The van der Waals surface area contributed by atoms with Crippen LogP contribution in [0.1, 0.15) is 24.2 Å². The van der Waals surface area contributed by atoms with Gasteiger partial charge in [-0.3, -0.25) is 4.79 Å². The van der Waals surface area contributed by atoms with Gasteiger partial charge in [-0.15, -0.1) is 0 Å². The van der Waals surface area contributed by atoms with Crippen LogP contribution >= 0.6 is 11.6 Å². The lowest BCUT2D eigenvalue weighted by Crippen LogP contribution is -2.23. The molecule has 0 aliphatic carbocycles. The number of benzene rings is 1. The summed E-state index contributed by atoms with van der Waals surface area (Å²) in [5, 5.41) is 0.124. The number of rotatable bonds is 4. The maximum absolute atomic E-state index is 14.4. The van der Waals surface area contributed by atoms with E-state index in [1.807, 2.05) is 0 Å². The fourth-order valence-electron chi connectivity index (χ4n) is 2.80. The Morgan fingerprint density at radius 3 is 2.74 bits per heavy atom. The molecule has 2 heterocycles. The van der Waals surface area contributed by atoms with Crippen LogP contribution in [0.5, 0.6) is 5.75 Å². The average Bonchev–Trinajstić information content (AvgIpc) is 2.62. The second-order valence-electron chi connectivity index (χ2n) is 5.65. The van der Waals surface area contributed by atoms with Crippen molar-refractivity contribution in [2.75, 3.05) is 6.61 Å². The minimum atomic E-state index is -1.28. The van der Waals surface area contributed by atoms with Gasteiger partial charge in [0.25, 0.3) is 0 Å². The van der Waals surface area contributed by atoms with E-state index in [1.165, 1.54) is 22.9 Å². The molecule has 0 radical (unpaired) electrons. The summed E-state index contributed by atoms with van der Waals surface area (Å²) >= 11 is 5.97. The van der Waals surface area contributed by atoms with Gasteiger partial charge in [-0.25, -0.2) is 9.18 Å². The van der Waals surface area contributed by atoms with E-state index in [4.69, 9.17) is 21.1 Å². The molecule has 8 heteroatoms. The van der Waals surface area contributed by atoms with E-state index in [1.54, 1.807) is 13.8 Å². The Kier molecular flexibility index (Phi) is 4.89. The van der Waals surface area contributed by atoms with Crippen LogP contribution in [0.15, 0.2) is 46.6 Å². The SMILES string of the molecule is C=CC1=C(/C=C(\C)Cl)n2cc(C(=O)OCC)c(=O)c3cc(F)c(F)c(c32)O1. The molecule has 0 fully saturated rings. The van der Waals surface area contributed by atoms with Gasteiger partial charge in [-0.05, 0) is 32.1 Å². The summed E-state index contributed by atoms with van der Waals surface area (Å²) in [6, 6.07) is 0.729. The van der Waals surface area contributed by atoms with Crippen LogP contribution in [-0.2, 0) is 4.74 Å². The molecule has 0 bridgehead atoms. The second-order valence-corrected chi connectivity index (χ2v) is 6.24. The summed E-state index contributed by atoms with van der Waals surface area (Å²) in [4.78, 5) is 24.9. The first-order valence-corrected chi connectivity index (χ1v) is 8.31. The molecule has 1 aliphatic heterocycles. The Morgan fingerprint density at radius 2 is 2.15 bits per heavy atom. The maximum Gasteiger partial charge on any atom is 0.343 e. The Morgan fingerprint density at radius 1 is 1.44 bits per heavy atom. The topological polar surface area (TPSA) is 57.5 Å². The van der Waals surface area contributed by atoms with Gasteiger partial charge < -0.3 is 14.0 Å². The third-order valence-electron chi connectivity index (χ3n) is 3.88. The predicted octanol–water partition coefficient (Wildman–Crippen LogP) is 4.35. The molecule has 0 N–H and O–H groups in total. The lowest BCUT2D eigenvalue weighted by atomic mass is 10.1. The number of nitrogens with zero attached hydrogens (tertiary/aromatic N) is 1. The highest BCUT2D eigenvalue weighted by Crippen LogP contribution is 2.38. The summed E-state index contributed by atoms with van der Waals surface area (Å²) in [5.41, 5.74) is -0.852. The number of esters is 1. The highest BCUT2D eigenvalue weighted by molar-refractivity contribution is 6.29. The van der Waals surface area contributed by atoms with Crippen LogP contribution in [0.25, 0.3) is 16.6 Å². The number of carbonyl (C=O) groups excluding carboxylic acids is 1. The van der Waals surface area contributed by atoms with Crippen LogP contribution < -0.4 is 10.2 Å². The van der Waals surface area contributed by atoms with E-state index in [0.717, 1.165) is 6.07 Å². The van der Waals surface area contributed by atoms with Crippen molar-refractivity contribution in [3.05, 3.63) is 69.2 Å². The van der Waals surface area contributed by atoms with E-state index in [-0.39, 0.29) is 28.8 Å². The largest absolute Gasteiger partial charge is 0.462 e. The summed E-state index contributed by atoms with van der Waals surface area (Å²) in [5.74, 6) is -3.82. The van der Waals surface area contributed by atoms with Crippen molar-refractivity contribution in [1.29, 1.82) is 0 Å². The summed E-state index contributed by atoms with van der Waals surface area (Å²) in [6.45, 7) is 6.83. The standard InChI is InChI=1S/C19H14ClF2NO4/c1-4-14-13(6-9(3)20)23-8-11(19(25)26-5-2)17(24)10-7-12(21)15(22)18(27-14)16(10)23/h4,6-8H,1,5H2,2-3H3/b9-6+. The average molecular weight is 394 g/mol. The van der Waals surface area contributed by atoms with Gasteiger partial charge in [-0.2, -0.15) is 4.39 Å². The number of hydrogen-bond acceptors (Lipinski definition) is 4. The molecule has 0 unspecified atom stereocenters. The van der Waals surface area contributed by atoms with Crippen molar-refractivity contribution in [1.82, 2.24) is 4.57 Å². The van der Waals surface area contributed by atoms with E-state index < -0.39 is 28.8 Å². The van der Waals surface area contributed by atoms with E-state index in [0.29, 0.717) is 10.7 Å². The number of pyridine rings is 1. The molecule has 5 nitrogen and oxygen atoms in total. The first kappa shape index (κ1) is 18.8. The van der Waals surface area contributed by atoms with Crippen molar-refractivity contribution < 1.29 is 23.0 Å². The maximum atomic E-state index is 14.4. The normalized spacial score (nSPS) is 13.6. The number of hydrogen-bond donors (Lipinski definition) is 0. The zero-order valence-corrected chi connectivity index (χ0v) is 15.2. The number of allylic oxidation sites excluding steroid dienone is 4. The Bertz CT molecular complexity index is 1110. The Labute approximate surface area is 157 Å². The molecule has 0 saturated heterocycles. The monoisotopic (exact) mass is 393 g/mol. The van der Waals surface area contributed by atoms with Crippen molar-refractivity contribution in [3.8, 4) is 5.75 Å². The first-order valence-electron chi connectivity index (χ1n) is 7.93. The summed E-state index contributed by atoms with van der Waals surface area (Å²) in [6.07, 6.45) is 3.97. The highest BCUT2D eigenvalue weighted by atomic mass is 35.5. The van der Waals surface area contributed by atoms with Crippen molar-refractivity contribution in [3.63, 3.8) is 0 Å². The Balaban J connectivity index is 2.52. The molecule has 0 spiro atoms. The van der Waals surface area contributed by atoms with E-state index >= 15 is 0 Å². The minimum Gasteiger partial charge on any atom is -0.462 e. The van der Waals surface area contributed by atoms with E-state index in [2.05, 4.69) is 6.58 Å². The summed E-state index contributed by atoms with van der Waals surface area (Å²) < 4.78 is 40.1. The molecule has 0 saturated carbocycles. The Hall–Kier alpha value is -2.93. The number of aromatic nitrogens is 1. The van der Waals surface area contributed by atoms with Crippen LogP contribution in [0.4, 0.5) is 8.78 Å². The molecule has 1 aromatic heterocycles.